The average Bonchev–Trinajstić information content (AvgIpc) is 2.88. The number of carbonyl (C=O) groups is 1. The lowest BCUT2D eigenvalue weighted by Gasteiger charge is -2.35. The van der Waals surface area contributed by atoms with Gasteiger partial charge in [0.1, 0.15) is 5.75 Å². The Bertz CT molecular complexity index is 1350. The predicted octanol–water partition coefficient (Wildman–Crippen LogP) is 4.71. The number of hydrogen-bond acceptors (Lipinski definition) is 4. The summed E-state index contributed by atoms with van der Waals surface area (Å²) >= 11 is 0. The first-order chi connectivity index (χ1) is 16.8. The summed E-state index contributed by atoms with van der Waals surface area (Å²) in [6.07, 6.45) is 3.62. The second-order valence-electron chi connectivity index (χ2n) is 9.39. The molecule has 0 saturated heterocycles. The SMILES string of the molecule is Cc1ccc2c(c1)N(S(=O)(=O)c1ccccc1)CC(C(=O)NC(C)c1ccc3c(c1)CCCC3)O2. The maximum atomic E-state index is 13.5. The van der Waals surface area contributed by atoms with Crippen molar-refractivity contribution >= 4 is 21.6 Å². The van der Waals surface area contributed by atoms with Gasteiger partial charge in [-0.25, -0.2) is 8.42 Å². The van der Waals surface area contributed by atoms with Crippen LogP contribution in [0.2, 0.25) is 0 Å². The molecule has 0 spiro atoms. The van der Waals surface area contributed by atoms with E-state index in [0.717, 1.165) is 24.0 Å². The lowest BCUT2D eigenvalue weighted by atomic mass is 9.89. The first kappa shape index (κ1) is 23.4. The molecule has 6 nitrogen and oxygen atoms in total. The standard InChI is InChI=1S/C28H30N2O4S/c1-19-12-15-26-25(16-19)30(35(32,33)24-10-4-3-5-11-24)18-27(34-26)28(31)29-20(2)22-14-13-21-8-6-7-9-23(21)17-22/h3-5,10-17,20,27H,6-9,18H2,1-2H3,(H,29,31). The summed E-state index contributed by atoms with van der Waals surface area (Å²) in [7, 11) is -3.88. The van der Waals surface area contributed by atoms with Gasteiger partial charge in [-0.2, -0.15) is 0 Å². The summed E-state index contributed by atoms with van der Waals surface area (Å²) in [5, 5.41) is 3.04. The molecule has 1 amide bonds. The number of fused-ring (bicyclic) bond motifs is 2. The maximum absolute atomic E-state index is 13.5. The lowest BCUT2D eigenvalue weighted by molar-refractivity contribution is -0.128. The largest absolute Gasteiger partial charge is 0.476 e. The second-order valence-corrected chi connectivity index (χ2v) is 11.3. The van der Waals surface area contributed by atoms with Crippen molar-refractivity contribution in [3.63, 3.8) is 0 Å². The smallest absolute Gasteiger partial charge is 0.264 e. The summed E-state index contributed by atoms with van der Waals surface area (Å²) in [6.45, 7) is 3.74. The Morgan fingerprint density at radius 2 is 1.74 bits per heavy atom. The van der Waals surface area contributed by atoms with Crippen LogP contribution >= 0.6 is 0 Å². The van der Waals surface area contributed by atoms with Gasteiger partial charge < -0.3 is 10.1 Å². The minimum absolute atomic E-state index is 0.101. The van der Waals surface area contributed by atoms with E-state index in [4.69, 9.17) is 4.74 Å². The van der Waals surface area contributed by atoms with Crippen molar-refractivity contribution in [3.8, 4) is 5.75 Å². The van der Waals surface area contributed by atoms with Gasteiger partial charge in [0.2, 0.25) is 0 Å². The number of rotatable bonds is 5. The molecule has 2 unspecified atom stereocenters. The normalized spacial score (nSPS) is 18.1. The van der Waals surface area contributed by atoms with Crippen LogP contribution in [0.1, 0.15) is 48.1 Å². The van der Waals surface area contributed by atoms with Gasteiger partial charge in [-0.15, -0.1) is 0 Å². The van der Waals surface area contributed by atoms with E-state index < -0.39 is 16.1 Å². The summed E-state index contributed by atoms with van der Waals surface area (Å²) < 4.78 is 34.4. The number of ether oxygens (including phenoxy) is 1. The number of nitrogens with zero attached hydrogens (tertiary/aromatic N) is 1. The molecule has 5 rings (SSSR count). The molecule has 0 aromatic heterocycles. The van der Waals surface area contributed by atoms with E-state index in [1.165, 1.54) is 28.3 Å². The van der Waals surface area contributed by atoms with E-state index in [0.29, 0.717) is 11.4 Å². The highest BCUT2D eigenvalue weighted by atomic mass is 32.2. The molecular weight excluding hydrogens is 460 g/mol. The quantitative estimate of drug-likeness (QED) is 0.562. The van der Waals surface area contributed by atoms with Crippen LogP contribution in [-0.2, 0) is 27.7 Å². The average molecular weight is 491 g/mol. The Hall–Kier alpha value is -3.32. The number of aryl methyl sites for hydroxylation is 3. The van der Waals surface area contributed by atoms with Crippen molar-refractivity contribution < 1.29 is 17.9 Å². The van der Waals surface area contributed by atoms with E-state index in [2.05, 4.69) is 23.5 Å². The number of carbonyl (C=O) groups excluding carboxylic acids is 1. The molecule has 3 aromatic rings. The van der Waals surface area contributed by atoms with Crippen molar-refractivity contribution in [1.29, 1.82) is 0 Å². The molecule has 0 fully saturated rings. The Labute approximate surface area is 207 Å². The fourth-order valence-corrected chi connectivity index (χ4v) is 6.35. The number of sulfonamides is 1. The van der Waals surface area contributed by atoms with E-state index in [-0.39, 0.29) is 23.4 Å². The molecule has 182 valence electrons. The Kier molecular flexibility index (Phi) is 6.28. The molecule has 7 heteroatoms. The molecule has 1 N–H and O–H groups in total. The molecule has 1 heterocycles. The van der Waals surface area contributed by atoms with Crippen LogP contribution < -0.4 is 14.4 Å². The number of nitrogens with one attached hydrogen (secondary N) is 1. The van der Waals surface area contributed by atoms with Crippen LogP contribution in [-0.4, -0.2) is 27.0 Å². The van der Waals surface area contributed by atoms with Crippen molar-refractivity contribution in [2.24, 2.45) is 0 Å². The molecule has 2 aliphatic rings. The van der Waals surface area contributed by atoms with Crippen molar-refractivity contribution in [3.05, 3.63) is 89.0 Å². The molecule has 1 aliphatic heterocycles. The van der Waals surface area contributed by atoms with Crippen molar-refractivity contribution in [2.45, 2.75) is 56.6 Å². The van der Waals surface area contributed by atoms with E-state index in [1.807, 2.05) is 19.9 Å². The number of anilines is 1. The summed E-state index contributed by atoms with van der Waals surface area (Å²) in [4.78, 5) is 13.5. The highest BCUT2D eigenvalue weighted by Gasteiger charge is 2.38. The second kappa shape index (κ2) is 9.38. The Morgan fingerprint density at radius 1 is 1.00 bits per heavy atom. The van der Waals surface area contributed by atoms with Gasteiger partial charge in [0.15, 0.2) is 6.10 Å². The predicted molar refractivity (Wildman–Crippen MR) is 136 cm³/mol. The van der Waals surface area contributed by atoms with Crippen molar-refractivity contribution in [1.82, 2.24) is 5.32 Å². The summed E-state index contributed by atoms with van der Waals surface area (Å²) in [5.74, 6) is 0.0395. The summed E-state index contributed by atoms with van der Waals surface area (Å²) in [6, 6.07) is 19.8. The van der Waals surface area contributed by atoms with E-state index in [9.17, 15) is 13.2 Å². The van der Waals surface area contributed by atoms with Gasteiger partial charge in [-0.05, 0) is 86.1 Å². The maximum Gasteiger partial charge on any atom is 0.264 e. The zero-order valence-corrected chi connectivity index (χ0v) is 20.8. The van der Waals surface area contributed by atoms with Gasteiger partial charge >= 0.3 is 0 Å². The van der Waals surface area contributed by atoms with Crippen molar-refractivity contribution in [2.75, 3.05) is 10.8 Å². The van der Waals surface area contributed by atoms with Crippen LogP contribution in [0.4, 0.5) is 5.69 Å². The third kappa shape index (κ3) is 4.65. The van der Waals surface area contributed by atoms with Crippen LogP contribution in [0.25, 0.3) is 0 Å². The zero-order valence-electron chi connectivity index (χ0n) is 20.0. The Balaban J connectivity index is 1.40. The van der Waals surface area contributed by atoms with Gasteiger partial charge in [0.05, 0.1) is 23.2 Å². The van der Waals surface area contributed by atoms with Crippen LogP contribution in [0.3, 0.4) is 0 Å². The molecule has 1 aliphatic carbocycles. The van der Waals surface area contributed by atoms with Gasteiger partial charge in [0.25, 0.3) is 15.9 Å². The third-order valence-electron chi connectivity index (χ3n) is 6.84. The Morgan fingerprint density at radius 3 is 2.51 bits per heavy atom. The molecular formula is C28H30N2O4S. The summed E-state index contributed by atoms with van der Waals surface area (Å²) in [5.41, 5.74) is 5.14. The van der Waals surface area contributed by atoms with Gasteiger partial charge in [0, 0.05) is 0 Å². The van der Waals surface area contributed by atoms with Crippen LogP contribution in [0.15, 0.2) is 71.6 Å². The number of amides is 1. The monoisotopic (exact) mass is 490 g/mol. The highest BCUT2D eigenvalue weighted by Crippen LogP contribution is 2.38. The van der Waals surface area contributed by atoms with Gasteiger partial charge in [-0.1, -0.05) is 42.5 Å². The highest BCUT2D eigenvalue weighted by molar-refractivity contribution is 7.92. The molecule has 2 atom stereocenters. The fraction of sp³-hybridized carbons (Fsp3) is 0.321. The molecule has 0 bridgehead atoms. The first-order valence-electron chi connectivity index (χ1n) is 12.1. The molecule has 3 aromatic carbocycles. The topological polar surface area (TPSA) is 75.7 Å². The number of hydrogen-bond donors (Lipinski definition) is 1. The molecule has 0 radical (unpaired) electrons. The zero-order chi connectivity index (χ0) is 24.6. The minimum Gasteiger partial charge on any atom is -0.476 e. The lowest BCUT2D eigenvalue weighted by Crippen LogP contribution is -2.51. The third-order valence-corrected chi connectivity index (χ3v) is 8.63. The fourth-order valence-electron chi connectivity index (χ4n) is 4.86. The molecule has 0 saturated carbocycles. The van der Waals surface area contributed by atoms with E-state index >= 15 is 0 Å². The molecule has 35 heavy (non-hydrogen) atoms. The van der Waals surface area contributed by atoms with Crippen LogP contribution in [0, 0.1) is 6.92 Å². The minimum atomic E-state index is -3.88. The first-order valence-corrected chi connectivity index (χ1v) is 13.5. The van der Waals surface area contributed by atoms with E-state index in [1.54, 1.807) is 42.5 Å². The number of benzene rings is 3. The van der Waals surface area contributed by atoms with Crippen LogP contribution in [0.5, 0.6) is 5.75 Å². The van der Waals surface area contributed by atoms with Gasteiger partial charge in [-0.3, -0.25) is 9.10 Å².